The van der Waals surface area contributed by atoms with Crippen molar-refractivity contribution in [3.8, 4) is 0 Å². The van der Waals surface area contributed by atoms with E-state index in [1.165, 1.54) is 0 Å². The minimum Gasteiger partial charge on any atom is -0.377 e. The topological polar surface area (TPSA) is 78.5 Å². The van der Waals surface area contributed by atoms with Crippen molar-refractivity contribution in [2.75, 3.05) is 86.1 Å². The van der Waals surface area contributed by atoms with Crippen molar-refractivity contribution in [1.29, 1.82) is 0 Å². The van der Waals surface area contributed by atoms with E-state index in [1.54, 1.807) is 0 Å². The van der Waals surface area contributed by atoms with Crippen LogP contribution in [0.1, 0.15) is 26.2 Å². The van der Waals surface area contributed by atoms with Gasteiger partial charge in [0.15, 0.2) is 0 Å². The molecule has 0 spiro atoms. The minimum atomic E-state index is 0.0424. The van der Waals surface area contributed by atoms with Crippen molar-refractivity contribution >= 4 is 5.91 Å². The number of likely N-dealkylation sites (tertiary alicyclic amines) is 1. The van der Waals surface area contributed by atoms with Gasteiger partial charge >= 0.3 is 0 Å². The van der Waals surface area contributed by atoms with E-state index in [-0.39, 0.29) is 5.91 Å². The molecule has 0 radical (unpaired) electrons. The van der Waals surface area contributed by atoms with Gasteiger partial charge in [0.1, 0.15) is 0 Å². The lowest BCUT2D eigenvalue weighted by molar-refractivity contribution is -0.121. The van der Waals surface area contributed by atoms with Gasteiger partial charge in [-0.3, -0.25) is 4.79 Å². The second-order valence-corrected chi connectivity index (χ2v) is 6.53. The summed E-state index contributed by atoms with van der Waals surface area (Å²) in [5, 5.41) is 2.75. The molecule has 0 aromatic heterocycles. The fraction of sp³-hybridized carbons (Fsp3) is 0.947. The molecule has 0 unspecified atom stereocenters. The number of nitrogens with zero attached hydrogens (tertiary/aromatic N) is 1. The Morgan fingerprint density at radius 3 is 1.85 bits per heavy atom. The number of nitrogens with one attached hydrogen (secondary N) is 1. The van der Waals surface area contributed by atoms with E-state index in [1.807, 2.05) is 6.92 Å². The number of carbonyl (C=O) groups excluding carboxylic acids is 1. The Morgan fingerprint density at radius 2 is 1.33 bits per heavy atom. The van der Waals surface area contributed by atoms with E-state index in [0.29, 0.717) is 78.5 Å². The summed E-state index contributed by atoms with van der Waals surface area (Å²) in [6.45, 7) is 9.62. The Labute approximate surface area is 163 Å². The van der Waals surface area contributed by atoms with Crippen LogP contribution in [0.15, 0.2) is 0 Å². The van der Waals surface area contributed by atoms with Crippen molar-refractivity contribution in [3.05, 3.63) is 0 Å². The van der Waals surface area contributed by atoms with Gasteiger partial charge in [-0.15, -0.1) is 0 Å². The maximum absolute atomic E-state index is 11.0. The van der Waals surface area contributed by atoms with Crippen molar-refractivity contribution in [2.24, 2.45) is 0 Å². The van der Waals surface area contributed by atoms with E-state index in [9.17, 15) is 4.79 Å². The van der Waals surface area contributed by atoms with Gasteiger partial charge in [0.05, 0.1) is 65.6 Å². The average Bonchev–Trinajstić information content (AvgIpc) is 2.68. The van der Waals surface area contributed by atoms with Crippen LogP contribution in [-0.2, 0) is 28.5 Å². The predicted octanol–water partition coefficient (Wildman–Crippen LogP) is 0.690. The molecule has 160 valence electrons. The smallest absolute Gasteiger partial charge is 0.219 e. The van der Waals surface area contributed by atoms with Crippen LogP contribution < -0.4 is 5.32 Å². The van der Waals surface area contributed by atoms with E-state index in [2.05, 4.69) is 17.3 Å². The molecule has 1 rings (SSSR count). The summed E-state index contributed by atoms with van der Waals surface area (Å²) in [5.41, 5.74) is 0. The highest BCUT2D eigenvalue weighted by Crippen LogP contribution is 2.11. The summed E-state index contributed by atoms with van der Waals surface area (Å²) in [5.74, 6) is 0.0424. The van der Waals surface area contributed by atoms with Gasteiger partial charge in [-0.1, -0.05) is 6.92 Å². The molecule has 0 aromatic carbocycles. The Balaban J connectivity index is 1.69. The van der Waals surface area contributed by atoms with Crippen LogP contribution in [0.25, 0.3) is 0 Å². The van der Waals surface area contributed by atoms with E-state index in [0.717, 1.165) is 25.9 Å². The zero-order valence-electron chi connectivity index (χ0n) is 17.1. The molecular formula is C19H38N2O6. The van der Waals surface area contributed by atoms with Crippen LogP contribution in [0.3, 0.4) is 0 Å². The third kappa shape index (κ3) is 14.9. The second-order valence-electron chi connectivity index (χ2n) is 6.53. The van der Waals surface area contributed by atoms with Gasteiger partial charge < -0.3 is 33.9 Å². The van der Waals surface area contributed by atoms with E-state index >= 15 is 0 Å². The van der Waals surface area contributed by atoms with Gasteiger partial charge in [0.25, 0.3) is 0 Å². The summed E-state index contributed by atoms with van der Waals surface area (Å²) in [6.07, 6.45) is 3.11. The standard InChI is InChI=1S/C19H38N2O6/c1-3-19(22)20-6-9-23-10-11-24-12-13-25-14-15-26-16-17-27-18-4-7-21(2)8-5-18/h18H,3-17H2,1-2H3,(H,20,22). The lowest BCUT2D eigenvalue weighted by Crippen LogP contribution is -2.34. The van der Waals surface area contributed by atoms with Gasteiger partial charge in [-0.2, -0.15) is 0 Å². The molecule has 0 atom stereocenters. The molecule has 1 saturated heterocycles. The number of hydrogen-bond acceptors (Lipinski definition) is 7. The molecule has 1 N–H and O–H groups in total. The van der Waals surface area contributed by atoms with Crippen molar-refractivity contribution in [3.63, 3.8) is 0 Å². The molecule has 0 aromatic rings. The highest BCUT2D eigenvalue weighted by Gasteiger charge is 2.16. The summed E-state index contributed by atoms with van der Waals surface area (Å²) in [6, 6.07) is 0. The Morgan fingerprint density at radius 1 is 0.852 bits per heavy atom. The largest absolute Gasteiger partial charge is 0.377 e. The number of rotatable bonds is 17. The molecular weight excluding hydrogens is 352 g/mol. The van der Waals surface area contributed by atoms with E-state index < -0.39 is 0 Å². The molecule has 1 aliphatic heterocycles. The fourth-order valence-electron chi connectivity index (χ4n) is 2.57. The molecule has 8 heteroatoms. The molecule has 27 heavy (non-hydrogen) atoms. The molecule has 0 aliphatic carbocycles. The minimum absolute atomic E-state index is 0.0424. The maximum atomic E-state index is 11.0. The van der Waals surface area contributed by atoms with Gasteiger partial charge in [0, 0.05) is 26.1 Å². The number of carbonyl (C=O) groups is 1. The average molecular weight is 391 g/mol. The van der Waals surface area contributed by atoms with Crippen LogP contribution in [0.4, 0.5) is 0 Å². The third-order valence-corrected chi connectivity index (χ3v) is 4.25. The quantitative estimate of drug-likeness (QED) is 0.366. The number of ether oxygens (including phenoxy) is 5. The maximum Gasteiger partial charge on any atom is 0.219 e. The first-order valence-electron chi connectivity index (χ1n) is 10.1. The highest BCUT2D eigenvalue weighted by atomic mass is 16.6. The second kappa shape index (κ2) is 17.3. The van der Waals surface area contributed by atoms with Crippen LogP contribution in [0.2, 0.25) is 0 Å². The monoisotopic (exact) mass is 390 g/mol. The van der Waals surface area contributed by atoms with Gasteiger partial charge in [0.2, 0.25) is 5.91 Å². The number of amides is 1. The SMILES string of the molecule is CCC(=O)NCCOCCOCCOCCOCCOC1CCN(C)CC1. The first kappa shape index (κ1) is 24.3. The third-order valence-electron chi connectivity index (χ3n) is 4.25. The molecule has 1 heterocycles. The van der Waals surface area contributed by atoms with Crippen LogP contribution >= 0.6 is 0 Å². The Hall–Kier alpha value is -0.770. The highest BCUT2D eigenvalue weighted by molar-refractivity contribution is 5.75. The van der Waals surface area contributed by atoms with Crippen LogP contribution in [0, 0.1) is 0 Å². The molecule has 0 bridgehead atoms. The van der Waals surface area contributed by atoms with Gasteiger partial charge in [-0.05, 0) is 19.9 Å². The first-order chi connectivity index (χ1) is 13.2. The number of piperidine rings is 1. The number of hydrogen-bond donors (Lipinski definition) is 1. The predicted molar refractivity (Wildman–Crippen MR) is 103 cm³/mol. The molecule has 8 nitrogen and oxygen atoms in total. The Kier molecular flexibility index (Phi) is 15.6. The summed E-state index contributed by atoms with van der Waals surface area (Å²) < 4.78 is 27.5. The van der Waals surface area contributed by atoms with Crippen molar-refractivity contribution in [1.82, 2.24) is 10.2 Å². The normalized spacial score (nSPS) is 15.9. The summed E-state index contributed by atoms with van der Waals surface area (Å²) in [4.78, 5) is 13.3. The first-order valence-corrected chi connectivity index (χ1v) is 10.1. The van der Waals surface area contributed by atoms with Crippen LogP contribution in [0.5, 0.6) is 0 Å². The van der Waals surface area contributed by atoms with Crippen LogP contribution in [-0.4, -0.2) is 103 Å². The molecule has 1 amide bonds. The molecule has 1 fully saturated rings. The summed E-state index contributed by atoms with van der Waals surface area (Å²) in [7, 11) is 2.15. The van der Waals surface area contributed by atoms with Crippen molar-refractivity contribution in [2.45, 2.75) is 32.3 Å². The lowest BCUT2D eigenvalue weighted by Gasteiger charge is -2.28. The lowest BCUT2D eigenvalue weighted by atomic mass is 10.1. The van der Waals surface area contributed by atoms with E-state index in [4.69, 9.17) is 23.7 Å². The fourth-order valence-corrected chi connectivity index (χ4v) is 2.57. The zero-order chi connectivity index (χ0) is 19.6. The molecule has 1 aliphatic rings. The van der Waals surface area contributed by atoms with Crippen molar-refractivity contribution < 1.29 is 28.5 Å². The zero-order valence-corrected chi connectivity index (χ0v) is 17.1. The van der Waals surface area contributed by atoms with Gasteiger partial charge in [-0.25, -0.2) is 0 Å². The molecule has 0 saturated carbocycles. The summed E-state index contributed by atoms with van der Waals surface area (Å²) >= 11 is 0. The Bertz CT molecular complexity index is 351.